The van der Waals surface area contributed by atoms with Crippen molar-refractivity contribution >= 4 is 11.7 Å². The molecule has 1 aliphatic rings. The SMILES string of the molecule is O=C(NCCc1ccc(OC(F)(F)F)cc1)C1CCN(c2cnccn2)CC1. The molecule has 9 heteroatoms. The van der Waals surface area contributed by atoms with Crippen molar-refractivity contribution in [2.75, 3.05) is 24.5 Å². The van der Waals surface area contributed by atoms with Crippen molar-refractivity contribution < 1.29 is 22.7 Å². The van der Waals surface area contributed by atoms with E-state index in [2.05, 4.69) is 24.9 Å². The number of carbonyl (C=O) groups is 1. The predicted molar refractivity (Wildman–Crippen MR) is 96.8 cm³/mol. The zero-order chi connectivity index (χ0) is 20.0. The Hall–Kier alpha value is -2.84. The van der Waals surface area contributed by atoms with Crippen LogP contribution in [0, 0.1) is 5.92 Å². The molecule has 1 saturated heterocycles. The molecule has 2 heterocycles. The fourth-order valence-electron chi connectivity index (χ4n) is 3.16. The number of nitrogens with one attached hydrogen (secondary N) is 1. The molecule has 0 saturated carbocycles. The van der Waals surface area contributed by atoms with Crippen molar-refractivity contribution in [2.45, 2.75) is 25.6 Å². The summed E-state index contributed by atoms with van der Waals surface area (Å²) in [6.07, 6.45) is 2.31. The molecule has 0 spiro atoms. The lowest BCUT2D eigenvalue weighted by atomic mass is 9.96. The summed E-state index contributed by atoms with van der Waals surface area (Å²) in [5.41, 5.74) is 0.826. The summed E-state index contributed by atoms with van der Waals surface area (Å²) in [7, 11) is 0. The first-order chi connectivity index (χ1) is 13.4. The lowest BCUT2D eigenvalue weighted by molar-refractivity contribution is -0.274. The van der Waals surface area contributed by atoms with Gasteiger partial charge in [0.05, 0.1) is 6.20 Å². The van der Waals surface area contributed by atoms with E-state index in [0.29, 0.717) is 13.0 Å². The van der Waals surface area contributed by atoms with Crippen LogP contribution >= 0.6 is 0 Å². The van der Waals surface area contributed by atoms with Gasteiger partial charge >= 0.3 is 6.36 Å². The Morgan fingerprint density at radius 2 is 1.89 bits per heavy atom. The van der Waals surface area contributed by atoms with Gasteiger partial charge in [0.2, 0.25) is 5.91 Å². The van der Waals surface area contributed by atoms with Crippen molar-refractivity contribution in [3.05, 3.63) is 48.4 Å². The highest BCUT2D eigenvalue weighted by molar-refractivity contribution is 5.79. The van der Waals surface area contributed by atoms with Crippen LogP contribution in [0.2, 0.25) is 0 Å². The molecule has 1 aliphatic heterocycles. The summed E-state index contributed by atoms with van der Waals surface area (Å²) in [6, 6.07) is 5.67. The predicted octanol–water partition coefficient (Wildman–Crippen LogP) is 2.95. The summed E-state index contributed by atoms with van der Waals surface area (Å²) in [5.74, 6) is 0.528. The highest BCUT2D eigenvalue weighted by Gasteiger charge is 2.31. The minimum Gasteiger partial charge on any atom is -0.406 e. The molecule has 2 aromatic rings. The van der Waals surface area contributed by atoms with Gasteiger partial charge < -0.3 is 15.0 Å². The zero-order valence-electron chi connectivity index (χ0n) is 15.2. The Kier molecular flexibility index (Phi) is 6.33. The van der Waals surface area contributed by atoms with E-state index in [9.17, 15) is 18.0 Å². The number of nitrogens with zero attached hydrogens (tertiary/aromatic N) is 3. The fourth-order valence-corrected chi connectivity index (χ4v) is 3.16. The second-order valence-electron chi connectivity index (χ2n) is 6.56. The third kappa shape index (κ3) is 5.83. The number of alkyl halides is 3. The van der Waals surface area contributed by atoms with Crippen LogP contribution in [0.5, 0.6) is 5.75 Å². The lowest BCUT2D eigenvalue weighted by Gasteiger charge is -2.31. The van der Waals surface area contributed by atoms with Crippen molar-refractivity contribution in [2.24, 2.45) is 5.92 Å². The average molecular weight is 394 g/mol. The van der Waals surface area contributed by atoms with Crippen molar-refractivity contribution in [1.82, 2.24) is 15.3 Å². The van der Waals surface area contributed by atoms with Gasteiger partial charge in [0.15, 0.2) is 0 Å². The maximum absolute atomic E-state index is 12.3. The third-order valence-corrected chi connectivity index (χ3v) is 4.61. The van der Waals surface area contributed by atoms with E-state index in [1.54, 1.807) is 30.7 Å². The van der Waals surface area contributed by atoms with Gasteiger partial charge in [-0.15, -0.1) is 13.2 Å². The van der Waals surface area contributed by atoms with Crippen LogP contribution in [-0.2, 0) is 11.2 Å². The summed E-state index contributed by atoms with van der Waals surface area (Å²) in [4.78, 5) is 22.8. The van der Waals surface area contributed by atoms with Gasteiger partial charge in [0.1, 0.15) is 11.6 Å². The van der Waals surface area contributed by atoms with Crippen LogP contribution < -0.4 is 15.0 Å². The number of ether oxygens (including phenoxy) is 1. The van der Waals surface area contributed by atoms with Gasteiger partial charge in [-0.25, -0.2) is 4.98 Å². The standard InChI is InChI=1S/C19H21F3N4O2/c20-19(21,22)28-16-3-1-14(2-4-16)5-8-25-18(27)15-6-11-26(12-7-15)17-13-23-9-10-24-17/h1-4,9-10,13,15H,5-8,11-12H2,(H,25,27). The Labute approximate surface area is 160 Å². The van der Waals surface area contributed by atoms with Gasteiger partial charge in [-0.2, -0.15) is 0 Å². The monoisotopic (exact) mass is 394 g/mol. The zero-order valence-corrected chi connectivity index (χ0v) is 15.2. The molecule has 150 valence electrons. The average Bonchev–Trinajstić information content (AvgIpc) is 2.69. The summed E-state index contributed by atoms with van der Waals surface area (Å²) < 4.78 is 40.3. The largest absolute Gasteiger partial charge is 0.573 e. The number of halogens is 3. The van der Waals surface area contributed by atoms with Gasteiger partial charge in [0, 0.05) is 37.9 Å². The van der Waals surface area contributed by atoms with Gasteiger partial charge in [-0.1, -0.05) is 12.1 Å². The Bertz CT molecular complexity index is 761. The molecule has 1 aromatic heterocycles. The minimum absolute atomic E-state index is 0.0100. The lowest BCUT2D eigenvalue weighted by Crippen LogP contribution is -2.41. The number of hydrogen-bond acceptors (Lipinski definition) is 5. The van der Waals surface area contributed by atoms with Crippen LogP contribution in [0.15, 0.2) is 42.9 Å². The number of piperidine rings is 1. The number of amides is 1. The quantitative estimate of drug-likeness (QED) is 0.816. The Morgan fingerprint density at radius 1 is 1.18 bits per heavy atom. The van der Waals surface area contributed by atoms with Crippen LogP contribution in [0.1, 0.15) is 18.4 Å². The first kappa shape index (κ1) is 19.9. The summed E-state index contributed by atoms with van der Waals surface area (Å²) in [5, 5.41) is 2.91. The van der Waals surface area contributed by atoms with Gasteiger partial charge in [-0.3, -0.25) is 9.78 Å². The molecule has 0 unspecified atom stereocenters. The molecule has 0 aliphatic carbocycles. The first-order valence-corrected chi connectivity index (χ1v) is 9.04. The summed E-state index contributed by atoms with van der Waals surface area (Å²) in [6.45, 7) is 1.93. The highest BCUT2D eigenvalue weighted by atomic mass is 19.4. The van der Waals surface area contributed by atoms with E-state index in [1.165, 1.54) is 12.1 Å². The number of hydrogen-bond donors (Lipinski definition) is 1. The van der Waals surface area contributed by atoms with Crippen LogP contribution in [0.25, 0.3) is 0 Å². The molecule has 1 aromatic carbocycles. The second kappa shape index (κ2) is 8.90. The molecule has 6 nitrogen and oxygen atoms in total. The number of carbonyl (C=O) groups excluding carboxylic acids is 1. The van der Waals surface area contributed by atoms with E-state index < -0.39 is 6.36 Å². The molecular weight excluding hydrogens is 373 g/mol. The minimum atomic E-state index is -4.70. The fraction of sp³-hybridized carbons (Fsp3) is 0.421. The maximum atomic E-state index is 12.3. The molecule has 1 N–H and O–H groups in total. The highest BCUT2D eigenvalue weighted by Crippen LogP contribution is 2.23. The van der Waals surface area contributed by atoms with Crippen LogP contribution in [0.3, 0.4) is 0 Å². The van der Waals surface area contributed by atoms with E-state index in [0.717, 1.165) is 37.3 Å². The molecule has 1 amide bonds. The molecule has 0 atom stereocenters. The van der Waals surface area contributed by atoms with Gasteiger partial charge in [-0.05, 0) is 37.0 Å². The third-order valence-electron chi connectivity index (χ3n) is 4.61. The van der Waals surface area contributed by atoms with E-state index in [-0.39, 0.29) is 17.6 Å². The number of benzene rings is 1. The maximum Gasteiger partial charge on any atom is 0.573 e. The van der Waals surface area contributed by atoms with E-state index >= 15 is 0 Å². The van der Waals surface area contributed by atoms with Crippen LogP contribution in [0.4, 0.5) is 19.0 Å². The Morgan fingerprint density at radius 3 is 2.50 bits per heavy atom. The van der Waals surface area contributed by atoms with Crippen molar-refractivity contribution in [1.29, 1.82) is 0 Å². The molecule has 1 fully saturated rings. The van der Waals surface area contributed by atoms with Crippen molar-refractivity contribution in [3.63, 3.8) is 0 Å². The normalized spacial score (nSPS) is 15.3. The smallest absolute Gasteiger partial charge is 0.406 e. The van der Waals surface area contributed by atoms with E-state index in [4.69, 9.17) is 0 Å². The summed E-state index contributed by atoms with van der Waals surface area (Å²) >= 11 is 0. The number of anilines is 1. The van der Waals surface area contributed by atoms with E-state index in [1.807, 2.05) is 0 Å². The molecule has 3 rings (SSSR count). The molecular formula is C19H21F3N4O2. The van der Waals surface area contributed by atoms with Gasteiger partial charge in [0.25, 0.3) is 0 Å². The topological polar surface area (TPSA) is 67.3 Å². The number of aromatic nitrogens is 2. The molecule has 0 bridgehead atoms. The first-order valence-electron chi connectivity index (χ1n) is 9.04. The number of rotatable bonds is 6. The van der Waals surface area contributed by atoms with Crippen molar-refractivity contribution in [3.8, 4) is 5.75 Å². The van der Waals surface area contributed by atoms with Crippen LogP contribution in [-0.4, -0.2) is 41.9 Å². The molecule has 0 radical (unpaired) electrons. The molecule has 28 heavy (non-hydrogen) atoms. The Balaban J connectivity index is 1.39. The second-order valence-corrected chi connectivity index (χ2v) is 6.56.